The molecular weight excluding hydrogens is 422 g/mol. The fourth-order valence-electron chi connectivity index (χ4n) is 4.45. The molecule has 1 aromatic rings. The van der Waals surface area contributed by atoms with E-state index in [1.807, 2.05) is 24.2 Å². The predicted octanol–water partition coefficient (Wildman–Crippen LogP) is 4.96. The van der Waals surface area contributed by atoms with E-state index in [0.29, 0.717) is 30.2 Å². The number of fused-ring (bicyclic) bond motifs is 1. The van der Waals surface area contributed by atoms with Gasteiger partial charge in [-0.1, -0.05) is 49.9 Å². The Bertz CT molecular complexity index is 988. The third kappa shape index (κ3) is 4.35. The minimum atomic E-state index is -0.365. The number of amidine groups is 1. The van der Waals surface area contributed by atoms with Gasteiger partial charge in [0, 0.05) is 18.8 Å². The van der Waals surface area contributed by atoms with Gasteiger partial charge in [-0.25, -0.2) is 9.79 Å². The molecule has 3 heterocycles. The lowest BCUT2D eigenvalue weighted by molar-refractivity contribution is -0.139. The van der Waals surface area contributed by atoms with Crippen molar-refractivity contribution in [1.82, 2.24) is 9.80 Å². The van der Waals surface area contributed by atoms with Gasteiger partial charge in [0.15, 0.2) is 5.17 Å². The van der Waals surface area contributed by atoms with Crippen LogP contribution in [0, 0.1) is 0 Å². The molecule has 3 aliphatic heterocycles. The molecule has 3 aliphatic rings. The smallest absolute Gasteiger partial charge is 0.338 e. The molecule has 0 radical (unpaired) electrons. The van der Waals surface area contributed by atoms with Gasteiger partial charge >= 0.3 is 5.97 Å². The fraction of sp³-hybridized carbons (Fsp3) is 0.480. The standard InChI is InChI=1S/C25H31N3O3S/c1-5-31-24(30)22-17(4)26-25-28(23(22)19-10-8-18(9-11-19)16(2)3)20(15-32-25)14-21(29)27-12-6-7-13-27/h8-11,15-16,23H,5-7,12-14H2,1-4H3. The maximum atomic E-state index is 13.0. The number of aliphatic imine (C=N–C) groups is 1. The molecule has 170 valence electrons. The summed E-state index contributed by atoms with van der Waals surface area (Å²) in [5.41, 5.74) is 4.33. The Hall–Kier alpha value is -2.54. The van der Waals surface area contributed by atoms with Crippen molar-refractivity contribution in [3.8, 4) is 0 Å². The van der Waals surface area contributed by atoms with E-state index in [9.17, 15) is 9.59 Å². The quantitative estimate of drug-likeness (QED) is 0.570. The minimum absolute atomic E-state index is 0.133. The van der Waals surface area contributed by atoms with Crippen LogP contribution in [0.4, 0.5) is 0 Å². The normalized spacial score (nSPS) is 20.5. The zero-order chi connectivity index (χ0) is 22.8. The molecule has 7 heteroatoms. The van der Waals surface area contributed by atoms with E-state index in [1.165, 1.54) is 17.3 Å². The monoisotopic (exact) mass is 453 g/mol. The van der Waals surface area contributed by atoms with Crippen molar-refractivity contribution >= 4 is 28.8 Å². The average Bonchev–Trinajstić information content (AvgIpc) is 3.43. The Balaban J connectivity index is 1.71. The number of carbonyl (C=O) groups excluding carboxylic acids is 2. The Morgan fingerprint density at radius 2 is 1.88 bits per heavy atom. The zero-order valence-electron chi connectivity index (χ0n) is 19.3. The Morgan fingerprint density at radius 1 is 1.19 bits per heavy atom. The average molecular weight is 454 g/mol. The number of ether oxygens (including phenoxy) is 1. The van der Waals surface area contributed by atoms with Crippen LogP contribution < -0.4 is 0 Å². The maximum absolute atomic E-state index is 13.0. The van der Waals surface area contributed by atoms with Crippen molar-refractivity contribution in [2.45, 2.75) is 58.9 Å². The molecular formula is C25H31N3O3S. The Kier molecular flexibility index (Phi) is 6.74. The molecule has 1 fully saturated rings. The first kappa shape index (κ1) is 22.6. The maximum Gasteiger partial charge on any atom is 0.338 e. The molecule has 1 atom stereocenters. The summed E-state index contributed by atoms with van der Waals surface area (Å²) in [5, 5.41) is 2.81. The van der Waals surface area contributed by atoms with Crippen molar-refractivity contribution in [3.05, 3.63) is 57.8 Å². The third-order valence-electron chi connectivity index (χ3n) is 6.21. The molecule has 0 aliphatic carbocycles. The van der Waals surface area contributed by atoms with E-state index in [1.54, 1.807) is 0 Å². The van der Waals surface area contributed by atoms with Gasteiger partial charge < -0.3 is 14.5 Å². The number of likely N-dealkylation sites (tertiary alicyclic amines) is 1. The molecule has 0 aromatic heterocycles. The highest BCUT2D eigenvalue weighted by molar-refractivity contribution is 8.16. The van der Waals surface area contributed by atoms with Crippen LogP contribution in [-0.4, -0.2) is 46.5 Å². The van der Waals surface area contributed by atoms with Gasteiger partial charge in [0.25, 0.3) is 0 Å². The minimum Gasteiger partial charge on any atom is -0.463 e. The number of esters is 1. The number of rotatable bonds is 6. The van der Waals surface area contributed by atoms with Crippen LogP contribution in [0.5, 0.6) is 0 Å². The lowest BCUT2D eigenvalue weighted by Crippen LogP contribution is -2.38. The van der Waals surface area contributed by atoms with Gasteiger partial charge in [-0.3, -0.25) is 4.79 Å². The summed E-state index contributed by atoms with van der Waals surface area (Å²) in [6.07, 6.45) is 2.44. The summed E-state index contributed by atoms with van der Waals surface area (Å²) >= 11 is 1.51. The summed E-state index contributed by atoms with van der Waals surface area (Å²) in [6.45, 7) is 9.95. The van der Waals surface area contributed by atoms with Crippen molar-refractivity contribution in [2.24, 2.45) is 4.99 Å². The molecule has 1 amide bonds. The summed E-state index contributed by atoms with van der Waals surface area (Å²) in [4.78, 5) is 34.6. The summed E-state index contributed by atoms with van der Waals surface area (Å²) < 4.78 is 5.42. The summed E-state index contributed by atoms with van der Waals surface area (Å²) in [6, 6.07) is 8.03. The second-order valence-electron chi connectivity index (χ2n) is 8.70. The van der Waals surface area contributed by atoms with E-state index in [-0.39, 0.29) is 17.9 Å². The first-order valence-corrected chi connectivity index (χ1v) is 12.3. The first-order chi connectivity index (χ1) is 15.4. The van der Waals surface area contributed by atoms with Crippen molar-refractivity contribution in [3.63, 3.8) is 0 Å². The molecule has 4 rings (SSSR count). The van der Waals surface area contributed by atoms with E-state index in [2.05, 4.69) is 43.0 Å². The highest BCUT2D eigenvalue weighted by atomic mass is 32.2. The van der Waals surface area contributed by atoms with Gasteiger partial charge in [-0.05, 0) is 49.1 Å². The number of amides is 1. The van der Waals surface area contributed by atoms with E-state index in [0.717, 1.165) is 42.4 Å². The predicted molar refractivity (Wildman–Crippen MR) is 128 cm³/mol. The number of thioether (sulfide) groups is 1. The zero-order valence-corrected chi connectivity index (χ0v) is 20.1. The van der Waals surface area contributed by atoms with Crippen LogP contribution in [0.15, 0.2) is 51.6 Å². The number of carbonyl (C=O) groups is 2. The van der Waals surface area contributed by atoms with E-state index in [4.69, 9.17) is 9.73 Å². The molecule has 1 saturated heterocycles. The van der Waals surface area contributed by atoms with Gasteiger partial charge in [0.05, 0.1) is 30.3 Å². The van der Waals surface area contributed by atoms with Crippen LogP contribution in [-0.2, 0) is 14.3 Å². The number of benzene rings is 1. The van der Waals surface area contributed by atoms with Gasteiger partial charge in [-0.2, -0.15) is 0 Å². The molecule has 0 spiro atoms. The van der Waals surface area contributed by atoms with Crippen molar-refractivity contribution in [2.75, 3.05) is 19.7 Å². The molecule has 6 nitrogen and oxygen atoms in total. The highest BCUT2D eigenvalue weighted by Crippen LogP contribution is 2.45. The molecule has 0 saturated carbocycles. The van der Waals surface area contributed by atoms with Gasteiger partial charge in [-0.15, -0.1) is 0 Å². The van der Waals surface area contributed by atoms with Gasteiger partial charge in [0.2, 0.25) is 5.91 Å². The Morgan fingerprint density at radius 3 is 2.50 bits per heavy atom. The number of allylic oxidation sites excluding steroid dienone is 1. The lowest BCUT2D eigenvalue weighted by atomic mass is 9.92. The van der Waals surface area contributed by atoms with Crippen LogP contribution in [0.3, 0.4) is 0 Å². The largest absolute Gasteiger partial charge is 0.463 e. The molecule has 32 heavy (non-hydrogen) atoms. The summed E-state index contributed by atoms with van der Waals surface area (Å²) in [5.74, 6) is 0.200. The number of hydrogen-bond donors (Lipinski definition) is 0. The topological polar surface area (TPSA) is 62.2 Å². The Labute approximate surface area is 194 Å². The second kappa shape index (κ2) is 9.53. The molecule has 1 aromatic carbocycles. The second-order valence-corrected chi connectivity index (χ2v) is 9.54. The van der Waals surface area contributed by atoms with E-state index < -0.39 is 0 Å². The molecule has 1 unspecified atom stereocenters. The van der Waals surface area contributed by atoms with Crippen LogP contribution in [0.2, 0.25) is 0 Å². The molecule has 0 bridgehead atoms. The van der Waals surface area contributed by atoms with E-state index >= 15 is 0 Å². The van der Waals surface area contributed by atoms with Crippen molar-refractivity contribution < 1.29 is 14.3 Å². The SMILES string of the molecule is CCOC(=O)C1=C(C)N=C2SC=C(CC(=O)N3CCCC3)N2C1c1ccc(C(C)C)cc1. The van der Waals surface area contributed by atoms with Crippen LogP contribution in [0.25, 0.3) is 0 Å². The van der Waals surface area contributed by atoms with Crippen molar-refractivity contribution in [1.29, 1.82) is 0 Å². The highest BCUT2D eigenvalue weighted by Gasteiger charge is 2.41. The molecule has 0 N–H and O–H groups in total. The lowest BCUT2D eigenvalue weighted by Gasteiger charge is -2.36. The van der Waals surface area contributed by atoms with Gasteiger partial charge in [0.1, 0.15) is 0 Å². The fourth-order valence-corrected chi connectivity index (χ4v) is 5.42. The first-order valence-electron chi connectivity index (χ1n) is 11.4. The number of hydrogen-bond acceptors (Lipinski definition) is 6. The number of nitrogens with zero attached hydrogens (tertiary/aromatic N) is 3. The third-order valence-corrected chi connectivity index (χ3v) is 7.09. The van der Waals surface area contributed by atoms with Crippen LogP contribution in [0.1, 0.15) is 70.0 Å². The summed E-state index contributed by atoms with van der Waals surface area (Å²) in [7, 11) is 0. The van der Waals surface area contributed by atoms with Crippen LogP contribution >= 0.6 is 11.8 Å².